The van der Waals surface area contributed by atoms with Gasteiger partial charge in [-0.3, -0.25) is 4.79 Å². The van der Waals surface area contributed by atoms with E-state index in [1.807, 2.05) is 17.0 Å². The molecule has 0 aliphatic carbocycles. The van der Waals surface area contributed by atoms with Gasteiger partial charge in [-0.15, -0.1) is 0 Å². The molecule has 2 rings (SSSR count). The predicted molar refractivity (Wildman–Crippen MR) is 82.0 cm³/mol. The van der Waals surface area contributed by atoms with Gasteiger partial charge in [0, 0.05) is 30.4 Å². The number of carbonyl (C=O) groups excluding carboxylic acids is 1. The maximum Gasteiger partial charge on any atom is 0.242 e. The van der Waals surface area contributed by atoms with E-state index in [1.165, 1.54) is 0 Å². The lowest BCUT2D eigenvalue weighted by molar-refractivity contribution is -0.121. The fraction of sp³-hybridized carbons (Fsp3) is 0.600. The first-order valence-electron chi connectivity index (χ1n) is 7.21. The molecule has 1 saturated heterocycles. The molecule has 0 bridgehead atoms. The zero-order chi connectivity index (χ0) is 15.5. The molecule has 1 aliphatic rings. The van der Waals surface area contributed by atoms with E-state index in [-0.39, 0.29) is 11.4 Å². The Hall–Kier alpha value is -1.66. The van der Waals surface area contributed by atoms with Crippen molar-refractivity contribution in [1.29, 1.82) is 0 Å². The summed E-state index contributed by atoms with van der Waals surface area (Å²) in [6.07, 6.45) is 1.74. The van der Waals surface area contributed by atoms with Crippen molar-refractivity contribution in [1.82, 2.24) is 10.3 Å². The van der Waals surface area contributed by atoms with Crippen LogP contribution in [0.15, 0.2) is 18.3 Å². The summed E-state index contributed by atoms with van der Waals surface area (Å²) in [4.78, 5) is 18.0. The number of hydrogen-bond donors (Lipinski definition) is 2. The summed E-state index contributed by atoms with van der Waals surface area (Å²) in [6.45, 7) is 8.55. The topological polar surface area (TPSA) is 80.5 Å². The molecule has 2 heterocycles. The highest BCUT2D eigenvalue weighted by molar-refractivity contribution is 5.84. The molecule has 1 atom stereocenters. The Morgan fingerprint density at radius 1 is 1.57 bits per heavy atom. The van der Waals surface area contributed by atoms with Gasteiger partial charge in [-0.1, -0.05) is 6.07 Å². The molecule has 3 N–H and O–H groups in total. The molecule has 0 saturated carbocycles. The van der Waals surface area contributed by atoms with Gasteiger partial charge in [0.05, 0.1) is 13.2 Å². The molecular formula is C15H24N4O2. The maximum atomic E-state index is 11.6. The van der Waals surface area contributed by atoms with E-state index in [9.17, 15) is 4.79 Å². The number of primary amides is 1. The number of aromatic nitrogens is 1. The normalized spacial score (nSPS) is 19.6. The molecule has 116 valence electrons. The smallest absolute Gasteiger partial charge is 0.242 e. The number of morpholine rings is 1. The van der Waals surface area contributed by atoms with Gasteiger partial charge in [0.15, 0.2) is 0 Å². The van der Waals surface area contributed by atoms with E-state index < -0.39 is 6.04 Å². The van der Waals surface area contributed by atoms with E-state index in [4.69, 9.17) is 10.5 Å². The Kier molecular flexibility index (Phi) is 4.80. The second kappa shape index (κ2) is 6.41. The number of carbonyl (C=O) groups is 1. The number of ether oxygens (including phenoxy) is 1. The number of amides is 1. The number of nitrogens with one attached hydrogen (secondary N) is 1. The predicted octanol–water partition coefficient (Wildman–Crippen LogP) is 0.660. The van der Waals surface area contributed by atoms with E-state index in [2.05, 4.69) is 31.1 Å². The first-order valence-corrected chi connectivity index (χ1v) is 7.21. The van der Waals surface area contributed by atoms with Crippen molar-refractivity contribution < 1.29 is 9.53 Å². The van der Waals surface area contributed by atoms with E-state index in [0.29, 0.717) is 26.3 Å². The minimum absolute atomic E-state index is 0.0151. The highest BCUT2D eigenvalue weighted by Gasteiger charge is 2.30. The Bertz CT molecular complexity index is 499. The van der Waals surface area contributed by atoms with Crippen molar-refractivity contribution >= 4 is 11.7 Å². The average Bonchev–Trinajstić information content (AvgIpc) is 2.44. The summed E-state index contributed by atoms with van der Waals surface area (Å²) in [5.74, 6) is 0.427. The van der Waals surface area contributed by atoms with Crippen LogP contribution in [0.4, 0.5) is 5.82 Å². The van der Waals surface area contributed by atoms with Crippen molar-refractivity contribution in [3.63, 3.8) is 0 Å². The third kappa shape index (κ3) is 4.15. The Balaban J connectivity index is 2.23. The molecule has 1 unspecified atom stereocenters. The van der Waals surface area contributed by atoms with Gasteiger partial charge in [0.1, 0.15) is 11.9 Å². The van der Waals surface area contributed by atoms with Crippen LogP contribution in [0.3, 0.4) is 0 Å². The first-order chi connectivity index (χ1) is 9.88. The van der Waals surface area contributed by atoms with E-state index >= 15 is 0 Å². The summed E-state index contributed by atoms with van der Waals surface area (Å²) in [6, 6.07) is 3.47. The molecule has 0 radical (unpaired) electrons. The monoisotopic (exact) mass is 292 g/mol. The van der Waals surface area contributed by atoms with Crippen LogP contribution in [0.2, 0.25) is 0 Å². The quantitative estimate of drug-likeness (QED) is 0.852. The Morgan fingerprint density at radius 3 is 3.00 bits per heavy atom. The first kappa shape index (κ1) is 15.7. The molecule has 1 fully saturated rings. The van der Waals surface area contributed by atoms with Crippen LogP contribution in [-0.2, 0) is 16.1 Å². The minimum Gasteiger partial charge on any atom is -0.377 e. The molecule has 1 aliphatic heterocycles. The molecule has 6 heteroatoms. The molecule has 1 amide bonds. The highest BCUT2D eigenvalue weighted by Crippen LogP contribution is 2.22. The fourth-order valence-corrected chi connectivity index (χ4v) is 2.28. The summed E-state index contributed by atoms with van der Waals surface area (Å²) < 4.78 is 5.36. The van der Waals surface area contributed by atoms with Crippen LogP contribution in [0.5, 0.6) is 0 Å². The molecular weight excluding hydrogens is 268 g/mol. The fourth-order valence-electron chi connectivity index (χ4n) is 2.28. The van der Waals surface area contributed by atoms with Crippen LogP contribution >= 0.6 is 0 Å². The van der Waals surface area contributed by atoms with Crippen molar-refractivity contribution in [3.8, 4) is 0 Å². The van der Waals surface area contributed by atoms with Crippen LogP contribution in [0, 0.1) is 0 Å². The summed E-state index contributed by atoms with van der Waals surface area (Å²) in [5.41, 5.74) is 6.56. The van der Waals surface area contributed by atoms with Gasteiger partial charge in [0.2, 0.25) is 5.91 Å². The van der Waals surface area contributed by atoms with Crippen molar-refractivity contribution in [3.05, 3.63) is 23.9 Å². The average molecular weight is 292 g/mol. The number of anilines is 1. The van der Waals surface area contributed by atoms with Gasteiger partial charge < -0.3 is 20.7 Å². The number of rotatable bonds is 4. The van der Waals surface area contributed by atoms with Crippen LogP contribution in [0.1, 0.15) is 26.3 Å². The van der Waals surface area contributed by atoms with Crippen LogP contribution < -0.4 is 16.0 Å². The lowest BCUT2D eigenvalue weighted by atomic mass is 10.1. The lowest BCUT2D eigenvalue weighted by Crippen LogP contribution is -2.53. The van der Waals surface area contributed by atoms with Gasteiger partial charge in [-0.25, -0.2) is 4.98 Å². The minimum atomic E-state index is -0.456. The van der Waals surface area contributed by atoms with Crippen molar-refractivity contribution in [2.24, 2.45) is 5.73 Å². The van der Waals surface area contributed by atoms with E-state index in [0.717, 1.165) is 11.4 Å². The maximum absolute atomic E-state index is 11.6. The molecule has 0 spiro atoms. The van der Waals surface area contributed by atoms with E-state index in [1.54, 1.807) is 6.20 Å². The molecule has 21 heavy (non-hydrogen) atoms. The van der Waals surface area contributed by atoms with Gasteiger partial charge >= 0.3 is 0 Å². The second-order valence-electron chi connectivity index (χ2n) is 6.28. The number of nitrogens with zero attached hydrogens (tertiary/aromatic N) is 2. The highest BCUT2D eigenvalue weighted by atomic mass is 16.5. The Morgan fingerprint density at radius 2 is 2.33 bits per heavy atom. The zero-order valence-electron chi connectivity index (χ0n) is 12.9. The van der Waals surface area contributed by atoms with Gasteiger partial charge in [-0.05, 0) is 26.8 Å². The Labute approximate surface area is 125 Å². The van der Waals surface area contributed by atoms with Gasteiger partial charge in [-0.2, -0.15) is 0 Å². The summed E-state index contributed by atoms with van der Waals surface area (Å²) in [7, 11) is 0. The number of nitrogens with two attached hydrogens (primary N) is 1. The van der Waals surface area contributed by atoms with Crippen molar-refractivity contribution in [2.75, 3.05) is 24.7 Å². The van der Waals surface area contributed by atoms with Gasteiger partial charge in [0.25, 0.3) is 0 Å². The molecule has 1 aromatic rings. The van der Waals surface area contributed by atoms with Crippen LogP contribution in [-0.4, -0.2) is 42.2 Å². The second-order valence-corrected chi connectivity index (χ2v) is 6.28. The van der Waals surface area contributed by atoms with Crippen molar-refractivity contribution in [2.45, 2.75) is 38.9 Å². The summed E-state index contributed by atoms with van der Waals surface area (Å²) >= 11 is 0. The third-order valence-electron chi connectivity index (χ3n) is 3.41. The lowest BCUT2D eigenvalue weighted by Gasteiger charge is -2.35. The largest absolute Gasteiger partial charge is 0.377 e. The third-order valence-corrected chi connectivity index (χ3v) is 3.41. The molecule has 0 aromatic carbocycles. The zero-order valence-corrected chi connectivity index (χ0v) is 12.9. The number of hydrogen-bond acceptors (Lipinski definition) is 5. The van der Waals surface area contributed by atoms with Crippen LogP contribution in [0.25, 0.3) is 0 Å². The standard InChI is InChI=1S/C15H24N4O2/c1-15(2,3)18-9-11-5-4-6-17-14(11)19-7-8-21-10-12(19)13(16)20/h4-6,12,18H,7-10H2,1-3H3,(H2,16,20). The SMILES string of the molecule is CC(C)(C)NCc1cccnc1N1CCOCC1C(N)=O. The summed E-state index contributed by atoms with van der Waals surface area (Å²) in [5, 5.41) is 3.45. The molecule has 6 nitrogen and oxygen atoms in total. The number of pyridine rings is 1. The molecule has 1 aromatic heterocycles.